The van der Waals surface area contributed by atoms with Crippen LogP contribution in [-0.2, 0) is 76.7 Å². The van der Waals surface area contributed by atoms with Crippen molar-refractivity contribution in [3.05, 3.63) is 108 Å². The lowest BCUT2D eigenvalue weighted by atomic mass is 9.97. The summed E-state index contributed by atoms with van der Waals surface area (Å²) in [7, 11) is 0. The van der Waals surface area contributed by atoms with Gasteiger partial charge < -0.3 is 52.1 Å². The number of carbonyl (C=O) groups is 1. The van der Waals surface area contributed by atoms with Gasteiger partial charge >= 0.3 is 5.97 Å². The number of hydrogen-bond donors (Lipinski definition) is 0. The number of fused-ring (bicyclic) bond motifs is 3. The zero-order valence-corrected chi connectivity index (χ0v) is 30.9. The molecule has 3 aromatic rings. The number of esters is 1. The van der Waals surface area contributed by atoms with Crippen LogP contribution >= 0.6 is 0 Å². The Kier molecular flexibility index (Phi) is 11.9. The Hall–Kier alpha value is -3.27. The number of hydrogen-bond acceptors (Lipinski definition) is 12. The van der Waals surface area contributed by atoms with Crippen molar-refractivity contribution >= 4 is 5.97 Å². The van der Waals surface area contributed by atoms with Gasteiger partial charge in [-0.25, -0.2) is 0 Å². The van der Waals surface area contributed by atoms with E-state index in [1.165, 1.54) is 6.92 Å². The molecule has 10 atom stereocenters. The molecule has 4 saturated heterocycles. The smallest absolute Gasteiger partial charge is 0.303 e. The van der Waals surface area contributed by atoms with Crippen LogP contribution < -0.4 is 0 Å². The van der Waals surface area contributed by atoms with Gasteiger partial charge in [-0.05, 0) is 44.4 Å². The highest BCUT2D eigenvalue weighted by Gasteiger charge is 2.61. The maximum Gasteiger partial charge on any atom is 0.303 e. The third-order valence-electron chi connectivity index (χ3n) is 9.53. The summed E-state index contributed by atoms with van der Waals surface area (Å²) in [5, 5.41) is 0. The van der Waals surface area contributed by atoms with Gasteiger partial charge in [0.05, 0.1) is 33.0 Å². The molecular weight excluding hydrogens is 684 g/mol. The van der Waals surface area contributed by atoms with Gasteiger partial charge in [-0.2, -0.15) is 0 Å². The molecule has 0 radical (unpaired) electrons. The average molecular weight is 735 g/mol. The van der Waals surface area contributed by atoms with Crippen molar-refractivity contribution in [2.45, 2.75) is 127 Å². The lowest BCUT2D eigenvalue weighted by Crippen LogP contribution is -2.63. The van der Waals surface area contributed by atoms with Crippen LogP contribution in [0.15, 0.2) is 91.0 Å². The van der Waals surface area contributed by atoms with Gasteiger partial charge in [-0.15, -0.1) is 0 Å². The maximum atomic E-state index is 12.7. The molecule has 4 heterocycles. The Morgan fingerprint density at radius 3 is 1.70 bits per heavy atom. The monoisotopic (exact) mass is 734 g/mol. The fourth-order valence-electron chi connectivity index (χ4n) is 7.27. The van der Waals surface area contributed by atoms with Crippen LogP contribution in [0, 0.1) is 0 Å². The van der Waals surface area contributed by atoms with E-state index in [-0.39, 0.29) is 26.4 Å². The van der Waals surface area contributed by atoms with Crippen LogP contribution in [0.4, 0.5) is 0 Å². The summed E-state index contributed by atoms with van der Waals surface area (Å²) in [6, 6.07) is 29.5. The van der Waals surface area contributed by atoms with Crippen molar-refractivity contribution in [1.82, 2.24) is 0 Å². The third-order valence-corrected chi connectivity index (χ3v) is 9.53. The van der Waals surface area contributed by atoms with E-state index in [4.69, 9.17) is 52.1 Å². The molecule has 0 saturated carbocycles. The van der Waals surface area contributed by atoms with Crippen LogP contribution in [0.25, 0.3) is 0 Å². The Labute approximate surface area is 310 Å². The summed E-state index contributed by atoms with van der Waals surface area (Å²) in [6.07, 6.45) is -7.13. The van der Waals surface area contributed by atoms with Gasteiger partial charge in [0.1, 0.15) is 42.7 Å². The van der Waals surface area contributed by atoms with Gasteiger partial charge in [0.2, 0.25) is 0 Å². The standard InChI is InChI=1S/C41H50O12/c1-26(42)47-36-34(45-23-29-19-13-8-14-20-29)32(44-22-28-17-11-7-12-18-28)30(24-43-21-27-15-9-6-10-16-27)48-38(36)46-25-31-33-35(51-40(2,3)50-33)37-39(49-31)53-41(4,5)52-37/h6-20,30-39H,21-25H2,1-5H3/t30-,31-,32-,33+,34+,35+,36+,37-,38-,39-/m1/s1. The SMILES string of the molecule is CC(=O)O[C@@H]1[C@H](OC[C@H]2O[C@@H]3OC(C)(C)O[C@@H]3[C@H]3OC(C)(C)O[C@H]32)O[C@H](COCc2ccccc2)[C@@H](OCc2ccccc2)[C@@H]1OCc1ccccc1. The molecule has 4 aliphatic rings. The van der Waals surface area contributed by atoms with E-state index >= 15 is 0 Å². The second-order valence-corrected chi connectivity index (χ2v) is 14.7. The predicted octanol–water partition coefficient (Wildman–Crippen LogP) is 5.44. The van der Waals surface area contributed by atoms with Gasteiger partial charge in [0.15, 0.2) is 30.3 Å². The molecule has 4 aliphatic heterocycles. The molecule has 0 unspecified atom stereocenters. The van der Waals surface area contributed by atoms with Crippen molar-refractivity contribution < 1.29 is 56.9 Å². The number of rotatable bonds is 14. The minimum atomic E-state index is -1.09. The van der Waals surface area contributed by atoms with E-state index in [0.29, 0.717) is 6.61 Å². The highest BCUT2D eigenvalue weighted by Crippen LogP contribution is 2.44. The second-order valence-electron chi connectivity index (χ2n) is 14.7. The molecule has 7 rings (SSSR count). The number of carbonyl (C=O) groups excluding carboxylic acids is 1. The van der Waals surface area contributed by atoms with E-state index in [9.17, 15) is 4.79 Å². The molecule has 12 nitrogen and oxygen atoms in total. The normalized spacial score (nSPS) is 32.8. The van der Waals surface area contributed by atoms with Crippen LogP contribution in [0.3, 0.4) is 0 Å². The van der Waals surface area contributed by atoms with Gasteiger partial charge in [0, 0.05) is 6.92 Å². The maximum absolute atomic E-state index is 12.7. The van der Waals surface area contributed by atoms with Crippen molar-refractivity contribution in [3.63, 3.8) is 0 Å². The molecule has 0 bridgehead atoms. The number of benzene rings is 3. The summed E-state index contributed by atoms with van der Waals surface area (Å²) in [4.78, 5) is 12.7. The molecule has 0 amide bonds. The largest absolute Gasteiger partial charge is 0.454 e. The fraction of sp³-hybridized carbons (Fsp3) is 0.537. The van der Waals surface area contributed by atoms with E-state index < -0.39 is 79.0 Å². The van der Waals surface area contributed by atoms with E-state index in [1.807, 2.05) is 119 Å². The van der Waals surface area contributed by atoms with Crippen LogP contribution in [0.1, 0.15) is 51.3 Å². The molecule has 286 valence electrons. The van der Waals surface area contributed by atoms with E-state index in [0.717, 1.165) is 16.7 Å². The second kappa shape index (κ2) is 16.6. The summed E-state index contributed by atoms with van der Waals surface area (Å²) in [5.74, 6) is -2.28. The van der Waals surface area contributed by atoms with Crippen LogP contribution in [0.2, 0.25) is 0 Å². The molecule has 0 aromatic heterocycles. The van der Waals surface area contributed by atoms with Crippen molar-refractivity contribution in [1.29, 1.82) is 0 Å². The van der Waals surface area contributed by atoms with Gasteiger partial charge in [-0.3, -0.25) is 4.79 Å². The lowest BCUT2D eigenvalue weighted by Gasteiger charge is -2.46. The summed E-state index contributed by atoms with van der Waals surface area (Å²) in [6.45, 7) is 9.71. The summed E-state index contributed by atoms with van der Waals surface area (Å²) in [5.41, 5.74) is 2.92. The Morgan fingerprint density at radius 1 is 0.566 bits per heavy atom. The molecule has 0 aliphatic carbocycles. The van der Waals surface area contributed by atoms with Gasteiger partial charge in [0.25, 0.3) is 0 Å². The average Bonchev–Trinajstić information content (AvgIpc) is 3.64. The third kappa shape index (κ3) is 9.52. The highest BCUT2D eigenvalue weighted by molar-refractivity contribution is 5.66. The van der Waals surface area contributed by atoms with Crippen molar-refractivity contribution in [3.8, 4) is 0 Å². The molecule has 3 aromatic carbocycles. The first-order valence-electron chi connectivity index (χ1n) is 18.3. The number of ether oxygens (including phenoxy) is 11. The van der Waals surface area contributed by atoms with E-state index in [2.05, 4.69) is 0 Å². The van der Waals surface area contributed by atoms with Crippen LogP contribution in [0.5, 0.6) is 0 Å². The first-order valence-corrected chi connectivity index (χ1v) is 18.3. The molecule has 4 fully saturated rings. The Morgan fingerprint density at radius 2 is 1.09 bits per heavy atom. The summed E-state index contributed by atoms with van der Waals surface area (Å²) < 4.78 is 70.1. The quantitative estimate of drug-likeness (QED) is 0.196. The molecule has 12 heteroatoms. The summed E-state index contributed by atoms with van der Waals surface area (Å²) >= 11 is 0. The van der Waals surface area contributed by atoms with Crippen molar-refractivity contribution in [2.24, 2.45) is 0 Å². The predicted molar refractivity (Wildman–Crippen MR) is 189 cm³/mol. The minimum absolute atomic E-state index is 0.00537. The molecule has 0 N–H and O–H groups in total. The van der Waals surface area contributed by atoms with Gasteiger partial charge in [-0.1, -0.05) is 91.0 Å². The van der Waals surface area contributed by atoms with E-state index in [1.54, 1.807) is 0 Å². The zero-order chi connectivity index (χ0) is 37.0. The Balaban J connectivity index is 1.16. The minimum Gasteiger partial charge on any atom is -0.454 e. The molecular formula is C41H50O12. The highest BCUT2D eigenvalue weighted by atomic mass is 16.9. The van der Waals surface area contributed by atoms with Crippen LogP contribution in [-0.4, -0.2) is 92.2 Å². The van der Waals surface area contributed by atoms with Crippen molar-refractivity contribution in [2.75, 3.05) is 13.2 Å². The topological polar surface area (TPSA) is 119 Å². The lowest BCUT2D eigenvalue weighted by molar-refractivity contribution is -0.330. The zero-order valence-electron chi connectivity index (χ0n) is 30.9. The molecule has 0 spiro atoms. The first kappa shape index (κ1) is 38.0. The Bertz CT molecular complexity index is 1600. The fourth-order valence-corrected chi connectivity index (χ4v) is 7.27. The first-order chi connectivity index (χ1) is 25.5. The molecule has 53 heavy (non-hydrogen) atoms.